The smallest absolute Gasteiger partial charge is 0.0561 e. The highest BCUT2D eigenvalue weighted by Gasteiger charge is 2.31. The van der Waals surface area contributed by atoms with Crippen LogP contribution in [0.5, 0.6) is 0 Å². The fourth-order valence-electron chi connectivity index (χ4n) is 3.38. The van der Waals surface area contributed by atoms with Crippen molar-refractivity contribution in [1.29, 1.82) is 0 Å². The van der Waals surface area contributed by atoms with Crippen molar-refractivity contribution in [3.63, 3.8) is 0 Å². The largest absolute Gasteiger partial charge is 0.378 e. The van der Waals surface area contributed by atoms with E-state index in [1.165, 1.54) is 32.4 Å². The van der Waals surface area contributed by atoms with Crippen LogP contribution in [0, 0.1) is 5.92 Å². The lowest BCUT2D eigenvalue weighted by Crippen LogP contribution is -2.53. The quantitative estimate of drug-likeness (QED) is 0.815. The minimum atomic E-state index is 0.454. The number of nitrogens with zero attached hydrogens (tertiary/aromatic N) is 1. The van der Waals surface area contributed by atoms with E-state index in [-0.39, 0.29) is 0 Å². The standard InChI is InChI=1S/C14H28N2O/c1-4-15-14-5-7-16(10-11(14)2)13-6-8-17-12(3)9-13/h11-15H,4-10H2,1-3H3. The molecule has 2 saturated heterocycles. The molecule has 0 bridgehead atoms. The van der Waals surface area contributed by atoms with E-state index in [0.29, 0.717) is 6.10 Å². The van der Waals surface area contributed by atoms with Crippen LogP contribution in [0.25, 0.3) is 0 Å². The van der Waals surface area contributed by atoms with Gasteiger partial charge in [0.05, 0.1) is 6.10 Å². The van der Waals surface area contributed by atoms with Crippen molar-refractivity contribution in [3.05, 3.63) is 0 Å². The summed E-state index contributed by atoms with van der Waals surface area (Å²) in [6.07, 6.45) is 4.21. The van der Waals surface area contributed by atoms with Gasteiger partial charge in [0, 0.05) is 25.2 Å². The SMILES string of the molecule is CCNC1CCN(C2CCOC(C)C2)CC1C. The molecule has 2 aliphatic rings. The second kappa shape index (κ2) is 6.17. The molecule has 17 heavy (non-hydrogen) atoms. The lowest BCUT2D eigenvalue weighted by Gasteiger charge is -2.43. The zero-order valence-corrected chi connectivity index (χ0v) is 11.6. The van der Waals surface area contributed by atoms with Crippen molar-refractivity contribution in [1.82, 2.24) is 10.2 Å². The van der Waals surface area contributed by atoms with Gasteiger partial charge in [-0.25, -0.2) is 0 Å². The maximum absolute atomic E-state index is 5.65. The number of hydrogen-bond acceptors (Lipinski definition) is 3. The zero-order valence-electron chi connectivity index (χ0n) is 11.6. The van der Waals surface area contributed by atoms with E-state index < -0.39 is 0 Å². The zero-order chi connectivity index (χ0) is 12.3. The molecule has 1 N–H and O–H groups in total. The van der Waals surface area contributed by atoms with Gasteiger partial charge >= 0.3 is 0 Å². The molecule has 0 radical (unpaired) electrons. The number of rotatable bonds is 3. The van der Waals surface area contributed by atoms with Crippen LogP contribution in [0.3, 0.4) is 0 Å². The van der Waals surface area contributed by atoms with Gasteiger partial charge < -0.3 is 10.1 Å². The third kappa shape index (κ3) is 3.43. The third-order valence-corrected chi connectivity index (χ3v) is 4.38. The summed E-state index contributed by atoms with van der Waals surface area (Å²) < 4.78 is 5.65. The van der Waals surface area contributed by atoms with Crippen LogP contribution in [0.15, 0.2) is 0 Å². The van der Waals surface area contributed by atoms with Crippen LogP contribution in [-0.4, -0.2) is 49.3 Å². The van der Waals surface area contributed by atoms with Crippen molar-refractivity contribution < 1.29 is 4.74 Å². The number of nitrogens with one attached hydrogen (secondary N) is 1. The molecule has 0 aromatic heterocycles. The molecule has 4 atom stereocenters. The molecule has 3 nitrogen and oxygen atoms in total. The predicted molar refractivity (Wildman–Crippen MR) is 71.3 cm³/mol. The van der Waals surface area contributed by atoms with Gasteiger partial charge in [0.2, 0.25) is 0 Å². The second-order valence-corrected chi connectivity index (χ2v) is 5.78. The first kappa shape index (κ1) is 13.3. The van der Waals surface area contributed by atoms with Gasteiger partial charge in [-0.2, -0.15) is 0 Å². The highest BCUT2D eigenvalue weighted by molar-refractivity contribution is 4.87. The van der Waals surface area contributed by atoms with E-state index in [4.69, 9.17) is 4.74 Å². The number of hydrogen-bond donors (Lipinski definition) is 1. The first-order valence-electron chi connectivity index (χ1n) is 7.29. The summed E-state index contributed by atoms with van der Waals surface area (Å²) in [4.78, 5) is 2.71. The van der Waals surface area contributed by atoms with Gasteiger partial charge in [-0.1, -0.05) is 13.8 Å². The summed E-state index contributed by atoms with van der Waals surface area (Å²) in [5.41, 5.74) is 0. The molecule has 0 amide bonds. The molecule has 0 aromatic rings. The van der Waals surface area contributed by atoms with Crippen LogP contribution in [0.4, 0.5) is 0 Å². The minimum Gasteiger partial charge on any atom is -0.378 e. The Labute approximate surface area is 106 Å². The first-order valence-corrected chi connectivity index (χ1v) is 7.29. The van der Waals surface area contributed by atoms with E-state index in [2.05, 4.69) is 31.0 Å². The Morgan fingerprint density at radius 2 is 2.12 bits per heavy atom. The van der Waals surface area contributed by atoms with Crippen LogP contribution >= 0.6 is 0 Å². The third-order valence-electron chi connectivity index (χ3n) is 4.38. The average molecular weight is 240 g/mol. The lowest BCUT2D eigenvalue weighted by atomic mass is 9.91. The Kier molecular flexibility index (Phi) is 4.83. The van der Waals surface area contributed by atoms with E-state index in [0.717, 1.165) is 31.2 Å². The van der Waals surface area contributed by atoms with Crippen LogP contribution in [0.2, 0.25) is 0 Å². The Hall–Kier alpha value is -0.120. The minimum absolute atomic E-state index is 0.454. The fraction of sp³-hybridized carbons (Fsp3) is 1.00. The van der Waals surface area contributed by atoms with Gasteiger partial charge in [0.25, 0.3) is 0 Å². The normalized spacial score (nSPS) is 40.4. The van der Waals surface area contributed by atoms with Crippen LogP contribution < -0.4 is 5.32 Å². The molecule has 3 heteroatoms. The second-order valence-electron chi connectivity index (χ2n) is 5.78. The van der Waals surface area contributed by atoms with Gasteiger partial charge in [-0.3, -0.25) is 4.90 Å². The van der Waals surface area contributed by atoms with Gasteiger partial charge in [-0.15, -0.1) is 0 Å². The van der Waals surface area contributed by atoms with E-state index >= 15 is 0 Å². The summed E-state index contributed by atoms with van der Waals surface area (Å²) in [6, 6.07) is 1.50. The monoisotopic (exact) mass is 240 g/mol. The average Bonchev–Trinajstić information content (AvgIpc) is 2.32. The maximum atomic E-state index is 5.65. The van der Waals surface area contributed by atoms with Crippen molar-refractivity contribution in [2.75, 3.05) is 26.2 Å². The van der Waals surface area contributed by atoms with Crippen LogP contribution in [-0.2, 0) is 4.74 Å². The molecule has 100 valence electrons. The summed E-state index contributed by atoms with van der Waals surface area (Å²) in [5.74, 6) is 0.779. The lowest BCUT2D eigenvalue weighted by molar-refractivity contribution is -0.0287. The molecular weight excluding hydrogens is 212 g/mol. The summed E-state index contributed by atoms with van der Waals surface area (Å²) in [7, 11) is 0. The molecule has 4 unspecified atom stereocenters. The van der Waals surface area contributed by atoms with Crippen molar-refractivity contribution >= 4 is 0 Å². The Bertz CT molecular complexity index is 234. The Balaban J connectivity index is 1.83. The molecular formula is C14H28N2O. The molecule has 2 rings (SSSR count). The van der Waals surface area contributed by atoms with E-state index in [9.17, 15) is 0 Å². The number of likely N-dealkylation sites (tertiary alicyclic amines) is 1. The van der Waals surface area contributed by atoms with Crippen molar-refractivity contribution in [2.24, 2.45) is 5.92 Å². The van der Waals surface area contributed by atoms with Crippen molar-refractivity contribution in [2.45, 2.75) is 58.2 Å². The summed E-state index contributed by atoms with van der Waals surface area (Å²) in [6.45, 7) is 11.4. The van der Waals surface area contributed by atoms with Crippen molar-refractivity contribution in [3.8, 4) is 0 Å². The van der Waals surface area contributed by atoms with E-state index in [1.54, 1.807) is 0 Å². The fourth-order valence-corrected chi connectivity index (χ4v) is 3.38. The highest BCUT2D eigenvalue weighted by Crippen LogP contribution is 2.25. The summed E-state index contributed by atoms with van der Waals surface area (Å²) in [5, 5.41) is 3.62. The Morgan fingerprint density at radius 1 is 1.29 bits per heavy atom. The van der Waals surface area contributed by atoms with Gasteiger partial charge in [-0.05, 0) is 45.2 Å². The number of piperidine rings is 1. The molecule has 2 fully saturated rings. The molecule has 0 aromatic carbocycles. The molecule has 0 spiro atoms. The van der Waals surface area contributed by atoms with Gasteiger partial charge in [0.15, 0.2) is 0 Å². The molecule has 0 saturated carbocycles. The Morgan fingerprint density at radius 3 is 2.76 bits per heavy atom. The highest BCUT2D eigenvalue weighted by atomic mass is 16.5. The molecule has 0 aliphatic carbocycles. The molecule has 2 heterocycles. The van der Waals surface area contributed by atoms with Crippen LogP contribution in [0.1, 0.15) is 40.0 Å². The first-order chi connectivity index (χ1) is 8.20. The predicted octanol–water partition coefficient (Wildman–Crippen LogP) is 1.87. The van der Waals surface area contributed by atoms with Gasteiger partial charge in [0.1, 0.15) is 0 Å². The summed E-state index contributed by atoms with van der Waals surface area (Å²) >= 11 is 0. The van der Waals surface area contributed by atoms with E-state index in [1.807, 2.05) is 0 Å². The molecule has 2 aliphatic heterocycles. The topological polar surface area (TPSA) is 24.5 Å². The maximum Gasteiger partial charge on any atom is 0.0561 e. The number of ether oxygens (including phenoxy) is 1.